The maximum absolute atomic E-state index is 6.23. The van der Waals surface area contributed by atoms with Gasteiger partial charge >= 0.3 is 0 Å². The third-order valence-electron chi connectivity index (χ3n) is 5.95. The van der Waals surface area contributed by atoms with Gasteiger partial charge in [-0.15, -0.1) is 0 Å². The molecule has 0 saturated carbocycles. The highest BCUT2D eigenvalue weighted by atomic mass is 16.7. The van der Waals surface area contributed by atoms with Crippen molar-refractivity contribution in [3.63, 3.8) is 0 Å². The van der Waals surface area contributed by atoms with Crippen LogP contribution >= 0.6 is 0 Å². The molecule has 4 aromatic rings. The lowest BCUT2D eigenvalue weighted by Gasteiger charge is -2.33. The molecule has 1 heterocycles. The molecule has 0 radical (unpaired) electrons. The van der Waals surface area contributed by atoms with Crippen LogP contribution in [0.5, 0.6) is 5.75 Å². The maximum Gasteiger partial charge on any atom is 0.185 e. The Morgan fingerprint density at radius 1 is 0.767 bits per heavy atom. The molecule has 0 amide bonds. The van der Waals surface area contributed by atoms with Crippen molar-refractivity contribution in [2.24, 2.45) is 0 Å². The van der Waals surface area contributed by atoms with Gasteiger partial charge in [-0.1, -0.05) is 66.7 Å². The fraction of sp³-hybridized carbons (Fsp3) is 0.259. The first-order valence-electron chi connectivity index (χ1n) is 10.5. The summed E-state index contributed by atoms with van der Waals surface area (Å²) in [5.74, 6) is 0.864. The van der Waals surface area contributed by atoms with E-state index in [0.29, 0.717) is 0 Å². The highest BCUT2D eigenvalue weighted by Crippen LogP contribution is 2.43. The molecular weight excluding hydrogens is 372 g/mol. The average Bonchev–Trinajstić information content (AvgIpc) is 2.77. The van der Waals surface area contributed by atoms with Crippen LogP contribution in [0.4, 0.5) is 0 Å². The third kappa shape index (κ3) is 3.24. The van der Waals surface area contributed by atoms with Crippen molar-refractivity contribution >= 4 is 21.5 Å². The molecule has 4 aromatic carbocycles. The van der Waals surface area contributed by atoms with Crippen molar-refractivity contribution in [2.45, 2.75) is 38.8 Å². The molecule has 0 aliphatic carbocycles. The number of fused-ring (bicyclic) bond motifs is 2. The molecule has 5 rings (SSSR count). The van der Waals surface area contributed by atoms with Gasteiger partial charge in [0.1, 0.15) is 5.75 Å². The molecule has 3 nitrogen and oxygen atoms in total. The third-order valence-corrected chi connectivity index (χ3v) is 5.95. The minimum absolute atomic E-state index is 0.160. The van der Waals surface area contributed by atoms with E-state index in [1.54, 1.807) is 7.11 Å². The molecule has 1 saturated heterocycles. The Morgan fingerprint density at radius 2 is 1.47 bits per heavy atom. The maximum atomic E-state index is 6.23. The molecular formula is C27H26O3. The second-order valence-electron chi connectivity index (χ2n) is 8.08. The van der Waals surface area contributed by atoms with E-state index in [9.17, 15) is 0 Å². The zero-order valence-corrected chi connectivity index (χ0v) is 17.6. The number of hydrogen-bond acceptors (Lipinski definition) is 3. The monoisotopic (exact) mass is 398 g/mol. The van der Waals surface area contributed by atoms with Crippen LogP contribution in [0.25, 0.3) is 32.7 Å². The second-order valence-corrected chi connectivity index (χ2v) is 8.08. The van der Waals surface area contributed by atoms with E-state index in [1.165, 1.54) is 10.8 Å². The zero-order valence-electron chi connectivity index (χ0n) is 17.6. The normalized spacial score (nSPS) is 21.8. The van der Waals surface area contributed by atoms with Crippen molar-refractivity contribution in [3.8, 4) is 16.9 Å². The first-order chi connectivity index (χ1) is 14.7. The molecule has 0 unspecified atom stereocenters. The summed E-state index contributed by atoms with van der Waals surface area (Å²) in [6.45, 7) is 4.23. The number of methoxy groups -OCH3 is 1. The summed E-state index contributed by atoms with van der Waals surface area (Å²) in [5.41, 5.74) is 3.30. The molecule has 0 N–H and O–H groups in total. The first kappa shape index (κ1) is 19.1. The van der Waals surface area contributed by atoms with E-state index in [1.807, 2.05) is 0 Å². The quantitative estimate of drug-likeness (QED) is 0.376. The Hall–Kier alpha value is -2.88. The van der Waals surface area contributed by atoms with E-state index in [2.05, 4.69) is 86.6 Å². The lowest BCUT2D eigenvalue weighted by Crippen LogP contribution is -2.30. The first-order valence-corrected chi connectivity index (χ1v) is 10.5. The largest absolute Gasteiger partial charge is 0.496 e. The van der Waals surface area contributed by atoms with Gasteiger partial charge in [-0.05, 0) is 53.4 Å². The Bertz CT molecular complexity index is 1200. The summed E-state index contributed by atoms with van der Waals surface area (Å²) in [6.07, 6.45) is 0.849. The second kappa shape index (κ2) is 7.75. The SMILES string of the molecule is COc1ccc2ccccc2c1-c1cccc2cccc(C3O[C@@H](C)C[C@H](C)O3)c12. The van der Waals surface area contributed by atoms with Gasteiger partial charge < -0.3 is 14.2 Å². The number of hydrogen-bond donors (Lipinski definition) is 0. The Morgan fingerprint density at radius 3 is 2.23 bits per heavy atom. The smallest absolute Gasteiger partial charge is 0.185 e. The highest BCUT2D eigenvalue weighted by Gasteiger charge is 2.28. The lowest BCUT2D eigenvalue weighted by molar-refractivity contribution is -0.238. The zero-order chi connectivity index (χ0) is 20.7. The minimum Gasteiger partial charge on any atom is -0.496 e. The van der Waals surface area contributed by atoms with Gasteiger partial charge in [-0.3, -0.25) is 0 Å². The van der Waals surface area contributed by atoms with Crippen LogP contribution < -0.4 is 4.74 Å². The van der Waals surface area contributed by atoms with Crippen molar-refractivity contribution in [1.82, 2.24) is 0 Å². The molecule has 1 fully saturated rings. The molecule has 0 spiro atoms. The van der Waals surface area contributed by atoms with Crippen LogP contribution in [0.15, 0.2) is 72.8 Å². The van der Waals surface area contributed by atoms with Crippen LogP contribution in [-0.2, 0) is 9.47 Å². The van der Waals surface area contributed by atoms with Crippen LogP contribution in [0, 0.1) is 0 Å². The molecule has 3 heteroatoms. The summed E-state index contributed by atoms with van der Waals surface area (Å²) >= 11 is 0. The van der Waals surface area contributed by atoms with Gasteiger partial charge in [0.05, 0.1) is 19.3 Å². The highest BCUT2D eigenvalue weighted by molar-refractivity contribution is 6.08. The van der Waals surface area contributed by atoms with E-state index in [-0.39, 0.29) is 18.5 Å². The van der Waals surface area contributed by atoms with Crippen LogP contribution in [-0.4, -0.2) is 19.3 Å². The summed E-state index contributed by atoms with van der Waals surface area (Å²) in [7, 11) is 1.73. The molecule has 0 bridgehead atoms. The van der Waals surface area contributed by atoms with Gasteiger partial charge in [0.15, 0.2) is 6.29 Å². The van der Waals surface area contributed by atoms with Gasteiger partial charge in [-0.25, -0.2) is 0 Å². The standard InChI is InChI=1S/C27H26O3/c1-17-16-18(2)30-27(29-17)23-13-7-10-20-9-6-12-22(25(20)23)26-21-11-5-4-8-19(21)14-15-24(26)28-3/h4-15,17-18,27H,16H2,1-3H3/t17-,18-/m0/s1. The molecule has 152 valence electrons. The molecule has 1 aliphatic heterocycles. The van der Waals surface area contributed by atoms with Crippen LogP contribution in [0.3, 0.4) is 0 Å². The van der Waals surface area contributed by atoms with E-state index in [4.69, 9.17) is 14.2 Å². The minimum atomic E-state index is -0.380. The fourth-order valence-corrected chi connectivity index (χ4v) is 4.65. The van der Waals surface area contributed by atoms with Crippen molar-refractivity contribution in [1.29, 1.82) is 0 Å². The van der Waals surface area contributed by atoms with Crippen molar-refractivity contribution in [2.75, 3.05) is 7.11 Å². The van der Waals surface area contributed by atoms with Crippen LogP contribution in [0.2, 0.25) is 0 Å². The summed E-state index contributed by atoms with van der Waals surface area (Å²) in [6, 6.07) is 25.4. The molecule has 1 aliphatic rings. The number of rotatable bonds is 3. The van der Waals surface area contributed by atoms with E-state index >= 15 is 0 Å². The molecule has 0 aromatic heterocycles. The van der Waals surface area contributed by atoms with Gasteiger partial charge in [0, 0.05) is 11.1 Å². The lowest BCUT2D eigenvalue weighted by atomic mass is 9.90. The van der Waals surface area contributed by atoms with Gasteiger partial charge in [0.2, 0.25) is 0 Å². The van der Waals surface area contributed by atoms with E-state index < -0.39 is 0 Å². The Labute approximate surface area is 177 Å². The number of ether oxygens (including phenoxy) is 3. The predicted molar refractivity (Wildman–Crippen MR) is 122 cm³/mol. The fourth-order valence-electron chi connectivity index (χ4n) is 4.65. The Kier molecular flexibility index (Phi) is 4.93. The Balaban J connectivity index is 1.81. The van der Waals surface area contributed by atoms with Crippen molar-refractivity contribution < 1.29 is 14.2 Å². The topological polar surface area (TPSA) is 27.7 Å². The summed E-state index contributed by atoms with van der Waals surface area (Å²) in [4.78, 5) is 0. The summed E-state index contributed by atoms with van der Waals surface area (Å²) in [5, 5.41) is 4.68. The molecule has 2 atom stereocenters. The summed E-state index contributed by atoms with van der Waals surface area (Å²) < 4.78 is 18.3. The van der Waals surface area contributed by atoms with Crippen molar-refractivity contribution in [3.05, 3.63) is 78.4 Å². The number of benzene rings is 4. The molecule has 30 heavy (non-hydrogen) atoms. The predicted octanol–water partition coefficient (Wildman–Crippen LogP) is 6.88. The average molecular weight is 399 g/mol. The van der Waals surface area contributed by atoms with Crippen LogP contribution in [0.1, 0.15) is 32.1 Å². The van der Waals surface area contributed by atoms with E-state index in [0.717, 1.165) is 39.6 Å². The van der Waals surface area contributed by atoms with Gasteiger partial charge in [-0.2, -0.15) is 0 Å². The van der Waals surface area contributed by atoms with Gasteiger partial charge in [0.25, 0.3) is 0 Å².